The van der Waals surface area contributed by atoms with Crippen molar-refractivity contribution in [2.24, 2.45) is 0 Å². The van der Waals surface area contributed by atoms with Gasteiger partial charge in [-0.1, -0.05) is 0 Å². The molecule has 24 heavy (non-hydrogen) atoms. The highest BCUT2D eigenvalue weighted by atomic mass is 16.5. The van der Waals surface area contributed by atoms with Crippen molar-refractivity contribution in [2.75, 3.05) is 40.5 Å². The number of hydrogen-bond donors (Lipinski definition) is 0. The third-order valence-corrected chi connectivity index (χ3v) is 3.51. The quantitative estimate of drug-likeness (QED) is 0.143. The molecule has 0 spiro atoms. The molecule has 0 aromatic rings. The first-order valence-corrected chi connectivity index (χ1v) is 7.47. The topological polar surface area (TPSA) is 102 Å². The molecule has 1 heterocycles. The average molecular weight is 342 g/mol. The Morgan fingerprint density at radius 1 is 1.25 bits per heavy atom. The van der Waals surface area contributed by atoms with E-state index in [9.17, 15) is 19.2 Å². The number of esters is 2. The summed E-state index contributed by atoms with van der Waals surface area (Å²) in [4.78, 5) is 49.4. The number of Topliss-reactive ketones (excluding diaryl/α,β-unsaturated/α-hetero) is 1. The molecule has 1 amide bonds. The molecule has 0 bridgehead atoms. The fraction of sp³-hybridized carbons (Fsp3) is 0.600. The minimum Gasteiger partial charge on any atom is -0.465 e. The molecule has 1 atom stereocenters. The van der Waals surface area contributed by atoms with E-state index in [1.807, 2.05) is 0 Å². The first-order valence-electron chi connectivity index (χ1n) is 7.47. The molecule has 0 N–H and O–H groups in total. The second-order valence-electron chi connectivity index (χ2n) is 4.96. The number of ketones is 1. The molecule has 9 heteroatoms. The Balaban J connectivity index is 2.98. The van der Waals surface area contributed by atoms with Gasteiger partial charge >= 0.3 is 11.9 Å². The zero-order valence-corrected chi connectivity index (χ0v) is 14.0. The maximum atomic E-state index is 12.0. The summed E-state index contributed by atoms with van der Waals surface area (Å²) in [6.45, 7) is 3.54. The van der Waals surface area contributed by atoms with Crippen molar-refractivity contribution >= 4 is 24.1 Å². The van der Waals surface area contributed by atoms with E-state index < -0.39 is 29.5 Å². The lowest BCUT2D eigenvalue weighted by molar-refractivity contribution is -0.152. The lowest BCUT2D eigenvalue weighted by atomic mass is 10.2. The molecule has 0 aromatic carbocycles. The van der Waals surface area contributed by atoms with E-state index in [0.29, 0.717) is 26.1 Å². The molecule has 1 unspecified atom stereocenters. The van der Waals surface area contributed by atoms with Crippen LogP contribution in [0.25, 0.3) is 0 Å². The molecule has 134 valence electrons. The molecular formula is C15H22N2O7. The van der Waals surface area contributed by atoms with Crippen LogP contribution in [0.15, 0.2) is 11.8 Å². The van der Waals surface area contributed by atoms with E-state index in [-0.39, 0.29) is 6.54 Å². The van der Waals surface area contributed by atoms with Crippen LogP contribution in [0, 0.1) is 0 Å². The fourth-order valence-electron chi connectivity index (χ4n) is 2.16. The highest BCUT2D eigenvalue weighted by Gasteiger charge is 2.29. The Morgan fingerprint density at radius 3 is 2.46 bits per heavy atom. The number of rotatable bonds is 8. The predicted octanol–water partition coefficient (Wildman–Crippen LogP) is -0.688. The maximum Gasteiger partial charge on any atom is 0.379 e. The molecule has 0 radical (unpaired) electrons. The number of nitrogens with zero attached hydrogens (tertiary/aromatic N) is 2. The molecule has 1 fully saturated rings. The van der Waals surface area contributed by atoms with E-state index in [1.54, 1.807) is 11.8 Å². The highest BCUT2D eigenvalue weighted by Crippen LogP contribution is 2.12. The highest BCUT2D eigenvalue weighted by molar-refractivity contribution is 6.46. The lowest BCUT2D eigenvalue weighted by Crippen LogP contribution is -2.47. The van der Waals surface area contributed by atoms with Crippen molar-refractivity contribution in [3.63, 3.8) is 0 Å². The summed E-state index contributed by atoms with van der Waals surface area (Å²) in [6, 6.07) is 0. The van der Waals surface area contributed by atoms with Gasteiger partial charge in [0.05, 0.1) is 27.4 Å². The predicted molar refractivity (Wildman–Crippen MR) is 81.5 cm³/mol. The van der Waals surface area contributed by atoms with Crippen molar-refractivity contribution in [3.8, 4) is 0 Å². The van der Waals surface area contributed by atoms with Crippen LogP contribution in [-0.2, 0) is 33.4 Å². The van der Waals surface area contributed by atoms with Crippen molar-refractivity contribution in [1.29, 1.82) is 0 Å². The monoisotopic (exact) mass is 342 g/mol. The van der Waals surface area contributed by atoms with Gasteiger partial charge in [-0.3, -0.25) is 9.59 Å². The summed E-state index contributed by atoms with van der Waals surface area (Å²) in [7, 11) is 2.15. The number of methoxy groups -OCH3 is 2. The average Bonchev–Trinajstić information content (AvgIpc) is 2.63. The van der Waals surface area contributed by atoms with E-state index in [1.165, 1.54) is 11.1 Å². The molecular weight excluding hydrogens is 320 g/mol. The number of likely N-dealkylation sites (N-methyl/N-ethyl adjacent to an activating group) is 1. The summed E-state index contributed by atoms with van der Waals surface area (Å²) in [5.41, 5.74) is -0.445. The van der Waals surface area contributed by atoms with Crippen molar-refractivity contribution in [3.05, 3.63) is 11.8 Å². The second kappa shape index (κ2) is 9.66. The van der Waals surface area contributed by atoms with Crippen LogP contribution in [0.3, 0.4) is 0 Å². The zero-order valence-electron chi connectivity index (χ0n) is 14.0. The zero-order chi connectivity index (χ0) is 18.1. The second-order valence-corrected chi connectivity index (χ2v) is 4.96. The molecule has 1 saturated heterocycles. The first-order chi connectivity index (χ1) is 11.5. The Bertz CT molecular complexity index is 518. The van der Waals surface area contributed by atoms with Gasteiger partial charge in [-0.05, 0) is 13.3 Å². The standard InChI is InChI=1S/C15H22N2O7/c1-4-16(9-12-17(10-18)6-5-7-24-12)8-11(14(20)22-2)13(19)15(21)23-3/h8,10,12H,4-7,9H2,1-3H3/b11-8+. The number of ether oxygens (including phenoxy) is 3. The summed E-state index contributed by atoms with van der Waals surface area (Å²) < 4.78 is 14.4. The van der Waals surface area contributed by atoms with E-state index in [2.05, 4.69) is 9.47 Å². The Kier molecular flexibility index (Phi) is 7.90. The summed E-state index contributed by atoms with van der Waals surface area (Å²) in [5, 5.41) is 0. The van der Waals surface area contributed by atoms with E-state index >= 15 is 0 Å². The van der Waals surface area contributed by atoms with Crippen LogP contribution < -0.4 is 0 Å². The van der Waals surface area contributed by atoms with Gasteiger partial charge in [0.2, 0.25) is 6.41 Å². The van der Waals surface area contributed by atoms with Gasteiger partial charge in [-0.2, -0.15) is 0 Å². The van der Waals surface area contributed by atoms with Gasteiger partial charge in [0.1, 0.15) is 11.8 Å². The smallest absolute Gasteiger partial charge is 0.379 e. The van der Waals surface area contributed by atoms with Crippen molar-refractivity contribution in [2.45, 2.75) is 19.6 Å². The number of amides is 1. The van der Waals surface area contributed by atoms with Gasteiger partial charge < -0.3 is 24.0 Å². The summed E-state index contributed by atoms with van der Waals surface area (Å²) >= 11 is 0. The Hall–Kier alpha value is -2.42. The van der Waals surface area contributed by atoms with Crippen LogP contribution in [0.4, 0.5) is 0 Å². The Morgan fingerprint density at radius 2 is 1.92 bits per heavy atom. The third-order valence-electron chi connectivity index (χ3n) is 3.51. The Labute approximate surface area is 140 Å². The van der Waals surface area contributed by atoms with Crippen LogP contribution in [0.2, 0.25) is 0 Å². The SMILES string of the molecule is CCN(/C=C(/C(=O)OC)C(=O)C(=O)OC)CC1OCCCN1C=O. The van der Waals surface area contributed by atoms with Crippen LogP contribution in [0.5, 0.6) is 0 Å². The summed E-state index contributed by atoms with van der Waals surface area (Å²) in [6.07, 6.45) is 2.17. The van der Waals surface area contributed by atoms with E-state index in [4.69, 9.17) is 4.74 Å². The van der Waals surface area contributed by atoms with Gasteiger partial charge in [-0.15, -0.1) is 0 Å². The van der Waals surface area contributed by atoms with Crippen LogP contribution in [0.1, 0.15) is 13.3 Å². The van der Waals surface area contributed by atoms with Crippen molar-refractivity contribution < 1.29 is 33.4 Å². The molecule has 1 aliphatic rings. The number of hydrogen-bond acceptors (Lipinski definition) is 8. The molecule has 9 nitrogen and oxygen atoms in total. The summed E-state index contributed by atoms with van der Waals surface area (Å²) in [5.74, 6) is -3.20. The van der Waals surface area contributed by atoms with Crippen molar-refractivity contribution in [1.82, 2.24) is 9.80 Å². The van der Waals surface area contributed by atoms with E-state index in [0.717, 1.165) is 20.6 Å². The normalized spacial score (nSPS) is 17.9. The molecule has 0 saturated carbocycles. The first kappa shape index (κ1) is 19.6. The molecule has 0 aliphatic carbocycles. The number of carbonyl (C=O) groups excluding carboxylic acids is 4. The molecule has 0 aromatic heterocycles. The van der Waals surface area contributed by atoms with Crippen LogP contribution in [-0.4, -0.2) is 80.6 Å². The minimum absolute atomic E-state index is 0.240. The lowest BCUT2D eigenvalue weighted by Gasteiger charge is -2.35. The maximum absolute atomic E-state index is 12.0. The van der Waals surface area contributed by atoms with Gasteiger partial charge in [0.25, 0.3) is 5.78 Å². The molecule has 1 rings (SSSR count). The van der Waals surface area contributed by atoms with Crippen LogP contribution >= 0.6 is 0 Å². The minimum atomic E-state index is -1.16. The largest absolute Gasteiger partial charge is 0.465 e. The number of carbonyl (C=O) groups is 4. The fourth-order valence-corrected chi connectivity index (χ4v) is 2.16. The van der Waals surface area contributed by atoms with Gasteiger partial charge in [0.15, 0.2) is 0 Å². The van der Waals surface area contributed by atoms with Gasteiger partial charge in [0, 0.05) is 19.3 Å². The third kappa shape index (κ3) is 5.05. The van der Waals surface area contributed by atoms with Gasteiger partial charge in [-0.25, -0.2) is 9.59 Å². The molecule has 1 aliphatic heterocycles.